The molecule has 22 heavy (non-hydrogen) atoms. The fraction of sp³-hybridized carbons (Fsp3) is 0.375. The van der Waals surface area contributed by atoms with Gasteiger partial charge in [-0.3, -0.25) is 5.41 Å². The number of anilines is 1. The summed E-state index contributed by atoms with van der Waals surface area (Å²) in [5, 5.41) is 29.9. The average Bonchev–Trinajstić information content (AvgIpc) is 3.06. The van der Waals surface area contributed by atoms with Crippen molar-refractivity contribution in [3.8, 4) is 12.1 Å². The maximum absolute atomic E-state index is 12.0. The van der Waals surface area contributed by atoms with E-state index >= 15 is 0 Å². The number of carbonyl (C=O) groups is 1. The van der Waals surface area contributed by atoms with Crippen LogP contribution in [-0.2, 0) is 0 Å². The predicted molar refractivity (Wildman–Crippen MR) is 82.5 cm³/mol. The van der Waals surface area contributed by atoms with Crippen LogP contribution < -0.4 is 10.6 Å². The molecule has 1 fully saturated rings. The first-order valence-electron chi connectivity index (χ1n) is 7.20. The van der Waals surface area contributed by atoms with Crippen molar-refractivity contribution in [1.82, 2.24) is 5.32 Å². The largest absolute Gasteiger partial charge is 0.320 e. The Hall–Kier alpha value is -2.86. The Balaban J connectivity index is 2.07. The van der Waals surface area contributed by atoms with E-state index in [9.17, 15) is 4.79 Å². The number of nitriles is 2. The van der Waals surface area contributed by atoms with Crippen LogP contribution in [0.4, 0.5) is 10.5 Å². The van der Waals surface area contributed by atoms with E-state index in [0.29, 0.717) is 11.6 Å². The minimum Gasteiger partial charge on any atom is -0.316 e. The van der Waals surface area contributed by atoms with E-state index in [1.165, 1.54) is 12.8 Å². The van der Waals surface area contributed by atoms with E-state index in [1.807, 2.05) is 24.3 Å². The fourth-order valence-electron chi connectivity index (χ4n) is 2.73. The number of amides is 2. The lowest BCUT2D eigenvalue weighted by Gasteiger charge is -2.17. The van der Waals surface area contributed by atoms with Crippen molar-refractivity contribution in [2.75, 3.05) is 5.32 Å². The maximum atomic E-state index is 12.0. The van der Waals surface area contributed by atoms with Gasteiger partial charge >= 0.3 is 6.03 Å². The summed E-state index contributed by atoms with van der Waals surface area (Å²) in [7, 11) is 0. The first-order valence-corrected chi connectivity index (χ1v) is 7.20. The number of carbonyl (C=O) groups excluding carboxylic acids is 1. The third-order valence-electron chi connectivity index (χ3n) is 3.82. The molecule has 1 atom stereocenters. The summed E-state index contributed by atoms with van der Waals surface area (Å²) in [6.45, 7) is 0. The number of hydrogen-bond donors (Lipinski definition) is 3. The summed E-state index contributed by atoms with van der Waals surface area (Å²) in [6.07, 6.45) is 4.61. The number of para-hydroxylation sites is 1. The third kappa shape index (κ3) is 3.62. The third-order valence-corrected chi connectivity index (χ3v) is 3.82. The zero-order chi connectivity index (χ0) is 15.9. The summed E-state index contributed by atoms with van der Waals surface area (Å²) < 4.78 is 0. The molecule has 0 radical (unpaired) electrons. The highest BCUT2D eigenvalue weighted by atomic mass is 16.2. The molecule has 0 aliphatic heterocycles. The van der Waals surface area contributed by atoms with Crippen LogP contribution in [0.5, 0.6) is 0 Å². The van der Waals surface area contributed by atoms with Gasteiger partial charge in [-0.25, -0.2) is 4.79 Å². The highest BCUT2D eigenvalue weighted by molar-refractivity contribution is 6.05. The molecule has 1 aromatic rings. The van der Waals surface area contributed by atoms with Gasteiger partial charge in [-0.2, -0.15) is 10.5 Å². The van der Waals surface area contributed by atoms with Gasteiger partial charge in [0.25, 0.3) is 0 Å². The van der Waals surface area contributed by atoms with Crippen molar-refractivity contribution in [2.24, 2.45) is 0 Å². The molecule has 6 heteroatoms. The smallest absolute Gasteiger partial charge is 0.316 e. The second kappa shape index (κ2) is 7.24. The molecule has 3 N–H and O–H groups in total. The van der Waals surface area contributed by atoms with E-state index < -0.39 is 17.8 Å². The molecule has 1 aliphatic carbocycles. The van der Waals surface area contributed by atoms with Gasteiger partial charge in [-0.05, 0) is 30.4 Å². The zero-order valence-electron chi connectivity index (χ0n) is 12.1. The van der Waals surface area contributed by atoms with Gasteiger partial charge in [0.2, 0.25) is 0 Å². The molecule has 1 unspecified atom stereocenters. The van der Waals surface area contributed by atoms with Crippen molar-refractivity contribution < 1.29 is 4.79 Å². The van der Waals surface area contributed by atoms with Crippen molar-refractivity contribution in [3.05, 3.63) is 29.8 Å². The van der Waals surface area contributed by atoms with Crippen LogP contribution in [0.2, 0.25) is 0 Å². The topological polar surface area (TPSA) is 113 Å². The molecule has 1 saturated carbocycles. The molecule has 0 saturated heterocycles. The minimum absolute atomic E-state index is 0.445. The maximum Gasteiger partial charge on any atom is 0.320 e. The number of hydrogen-bond acceptors (Lipinski definition) is 4. The van der Waals surface area contributed by atoms with Crippen LogP contribution in [0, 0.1) is 28.1 Å². The van der Waals surface area contributed by atoms with Gasteiger partial charge < -0.3 is 10.6 Å². The molecular formula is C16H17N5O. The van der Waals surface area contributed by atoms with Crippen molar-refractivity contribution in [3.63, 3.8) is 0 Å². The van der Waals surface area contributed by atoms with Crippen LogP contribution in [0.25, 0.3) is 0 Å². The second-order valence-corrected chi connectivity index (χ2v) is 5.25. The van der Waals surface area contributed by atoms with Gasteiger partial charge in [0, 0.05) is 5.69 Å². The zero-order valence-corrected chi connectivity index (χ0v) is 12.1. The average molecular weight is 295 g/mol. The SMILES string of the molecule is N#CC(=N)C(C#N)NC(=O)Nc1ccccc1C1CCCC1. The number of nitrogens with zero attached hydrogens (tertiary/aromatic N) is 2. The quantitative estimate of drug-likeness (QED) is 0.742. The molecule has 1 aliphatic rings. The lowest BCUT2D eigenvalue weighted by Crippen LogP contribution is -2.41. The van der Waals surface area contributed by atoms with E-state index in [0.717, 1.165) is 18.4 Å². The Morgan fingerprint density at radius 3 is 2.59 bits per heavy atom. The monoisotopic (exact) mass is 295 g/mol. The highest BCUT2D eigenvalue weighted by Gasteiger charge is 2.21. The van der Waals surface area contributed by atoms with E-state index in [1.54, 1.807) is 12.1 Å². The first-order chi connectivity index (χ1) is 10.7. The molecule has 2 amide bonds. The van der Waals surface area contributed by atoms with Crippen LogP contribution in [-0.4, -0.2) is 17.8 Å². The predicted octanol–water partition coefficient (Wildman–Crippen LogP) is 2.90. The van der Waals surface area contributed by atoms with Gasteiger partial charge in [0.1, 0.15) is 11.8 Å². The Morgan fingerprint density at radius 1 is 1.27 bits per heavy atom. The molecule has 0 heterocycles. The normalized spacial score (nSPS) is 15.4. The van der Waals surface area contributed by atoms with Crippen LogP contribution in [0.15, 0.2) is 24.3 Å². The molecule has 2 rings (SSSR count). The summed E-state index contributed by atoms with van der Waals surface area (Å²) in [4.78, 5) is 12.0. The molecule has 112 valence electrons. The van der Waals surface area contributed by atoms with Gasteiger partial charge in [-0.1, -0.05) is 31.0 Å². The number of nitrogens with one attached hydrogen (secondary N) is 3. The summed E-state index contributed by atoms with van der Waals surface area (Å²) in [6, 6.07) is 9.07. The van der Waals surface area contributed by atoms with Crippen LogP contribution >= 0.6 is 0 Å². The van der Waals surface area contributed by atoms with Gasteiger partial charge in [0.15, 0.2) is 6.04 Å². The molecular weight excluding hydrogens is 278 g/mol. The fourth-order valence-corrected chi connectivity index (χ4v) is 2.73. The Bertz CT molecular complexity index is 649. The highest BCUT2D eigenvalue weighted by Crippen LogP contribution is 2.37. The molecule has 0 bridgehead atoms. The van der Waals surface area contributed by atoms with E-state index in [2.05, 4.69) is 10.6 Å². The summed E-state index contributed by atoms with van der Waals surface area (Å²) in [5.74, 6) is 0.445. The summed E-state index contributed by atoms with van der Waals surface area (Å²) >= 11 is 0. The van der Waals surface area contributed by atoms with E-state index in [4.69, 9.17) is 15.9 Å². The van der Waals surface area contributed by atoms with Crippen molar-refractivity contribution in [1.29, 1.82) is 15.9 Å². The van der Waals surface area contributed by atoms with Crippen LogP contribution in [0.1, 0.15) is 37.2 Å². The van der Waals surface area contributed by atoms with Crippen molar-refractivity contribution in [2.45, 2.75) is 37.6 Å². The minimum atomic E-state index is -1.23. The first kappa shape index (κ1) is 15.5. The lowest BCUT2D eigenvalue weighted by atomic mass is 9.96. The number of urea groups is 1. The van der Waals surface area contributed by atoms with E-state index in [-0.39, 0.29) is 0 Å². The standard InChI is InChI=1S/C16H17N5O/c17-9-13(19)15(10-18)21-16(22)20-14-8-4-3-7-12(14)11-5-1-2-6-11/h3-4,7-8,11,15,19H,1-2,5-6H2,(H2,20,21,22). The van der Waals surface area contributed by atoms with Gasteiger partial charge in [0.05, 0.1) is 6.07 Å². The second-order valence-electron chi connectivity index (χ2n) is 5.25. The number of benzene rings is 1. The Kier molecular flexibility index (Phi) is 5.11. The number of rotatable bonds is 4. The Morgan fingerprint density at radius 2 is 1.95 bits per heavy atom. The van der Waals surface area contributed by atoms with Gasteiger partial charge in [-0.15, -0.1) is 0 Å². The molecule has 0 aromatic heterocycles. The molecule has 0 spiro atoms. The molecule has 1 aromatic carbocycles. The van der Waals surface area contributed by atoms with Crippen molar-refractivity contribution >= 4 is 17.4 Å². The Labute approximate surface area is 129 Å². The van der Waals surface area contributed by atoms with Crippen LogP contribution in [0.3, 0.4) is 0 Å². The summed E-state index contributed by atoms with van der Waals surface area (Å²) in [5.41, 5.74) is 1.33. The molecule has 6 nitrogen and oxygen atoms in total. The lowest BCUT2D eigenvalue weighted by molar-refractivity contribution is 0.252.